The van der Waals surface area contributed by atoms with E-state index in [1.54, 1.807) is 6.20 Å². The molecule has 0 fully saturated rings. The topological polar surface area (TPSA) is 71.3 Å². The van der Waals surface area contributed by atoms with E-state index < -0.39 is 0 Å². The molecule has 19 heavy (non-hydrogen) atoms. The minimum atomic E-state index is 0.329. The van der Waals surface area contributed by atoms with Gasteiger partial charge in [0.1, 0.15) is 6.07 Å². The molecule has 0 unspecified atom stereocenters. The summed E-state index contributed by atoms with van der Waals surface area (Å²) >= 11 is 0. The van der Waals surface area contributed by atoms with Gasteiger partial charge in [0.15, 0.2) is 11.5 Å². The zero-order valence-electron chi connectivity index (χ0n) is 11.5. The fourth-order valence-corrected chi connectivity index (χ4v) is 1.60. The molecule has 0 aliphatic rings. The summed E-state index contributed by atoms with van der Waals surface area (Å²) in [5, 5.41) is 9.07. The Labute approximate surface area is 114 Å². The van der Waals surface area contributed by atoms with E-state index in [0.717, 1.165) is 0 Å². The quantitative estimate of drug-likeness (QED) is 0.625. The molecular weight excluding hydrogens is 244 g/mol. The normalized spacial score (nSPS) is 10.2. The van der Waals surface area contributed by atoms with Crippen molar-refractivity contribution in [2.75, 3.05) is 44.4 Å². The first-order chi connectivity index (χ1) is 9.33. The van der Waals surface area contributed by atoms with Gasteiger partial charge in [0, 0.05) is 38.7 Å². The van der Waals surface area contributed by atoms with Gasteiger partial charge in [0.25, 0.3) is 0 Å². The molecule has 0 aliphatic carbocycles. The highest BCUT2D eigenvalue weighted by atomic mass is 16.5. The first kappa shape index (κ1) is 15.3. The average molecular weight is 264 g/mol. The first-order valence-corrected chi connectivity index (χ1v) is 6.45. The Morgan fingerprint density at radius 1 is 1.11 bits per heavy atom. The van der Waals surface area contributed by atoms with Crippen LogP contribution in [0.5, 0.6) is 0 Å². The zero-order chi connectivity index (χ0) is 13.9. The van der Waals surface area contributed by atoms with Crippen molar-refractivity contribution in [2.45, 2.75) is 13.8 Å². The van der Waals surface area contributed by atoms with Crippen LogP contribution in [0.4, 0.5) is 5.82 Å². The van der Waals surface area contributed by atoms with E-state index in [2.05, 4.69) is 16.0 Å². The standard InChI is InChI=1S/C13H20N4O2/c1-3-18-9-7-17(8-10-19-4-2)13-12(11-14)15-5-6-16-13/h5-6H,3-4,7-10H2,1-2H3. The number of nitriles is 1. The second kappa shape index (κ2) is 9.25. The predicted octanol–water partition coefficient (Wildman–Crippen LogP) is 1.23. The molecule has 0 radical (unpaired) electrons. The minimum absolute atomic E-state index is 0.329. The third kappa shape index (κ3) is 5.20. The maximum Gasteiger partial charge on any atom is 0.183 e. The lowest BCUT2D eigenvalue weighted by Gasteiger charge is -2.23. The zero-order valence-corrected chi connectivity index (χ0v) is 11.5. The van der Waals surface area contributed by atoms with Gasteiger partial charge >= 0.3 is 0 Å². The minimum Gasteiger partial charge on any atom is -0.380 e. The molecule has 0 aliphatic heterocycles. The molecule has 0 bridgehead atoms. The van der Waals surface area contributed by atoms with Gasteiger partial charge in [0.2, 0.25) is 0 Å². The molecular formula is C13H20N4O2. The second-order valence-electron chi connectivity index (χ2n) is 3.72. The van der Waals surface area contributed by atoms with Gasteiger partial charge in [-0.3, -0.25) is 0 Å². The highest BCUT2D eigenvalue weighted by Crippen LogP contribution is 2.13. The largest absolute Gasteiger partial charge is 0.380 e. The Morgan fingerprint density at radius 2 is 1.68 bits per heavy atom. The lowest BCUT2D eigenvalue weighted by Crippen LogP contribution is -2.32. The Hall–Kier alpha value is -1.71. The van der Waals surface area contributed by atoms with E-state index in [9.17, 15) is 0 Å². The van der Waals surface area contributed by atoms with E-state index >= 15 is 0 Å². The van der Waals surface area contributed by atoms with Gasteiger partial charge in [-0.1, -0.05) is 0 Å². The number of hydrogen-bond acceptors (Lipinski definition) is 6. The summed E-state index contributed by atoms with van der Waals surface area (Å²) in [5.74, 6) is 0.587. The van der Waals surface area contributed by atoms with Crippen molar-refractivity contribution in [2.24, 2.45) is 0 Å². The third-order valence-corrected chi connectivity index (χ3v) is 2.50. The molecule has 1 heterocycles. The molecule has 1 aromatic heterocycles. The second-order valence-corrected chi connectivity index (χ2v) is 3.72. The highest BCUT2D eigenvalue weighted by Gasteiger charge is 2.13. The summed E-state index contributed by atoms with van der Waals surface area (Å²) in [5.41, 5.74) is 0.329. The van der Waals surface area contributed by atoms with Crippen LogP contribution in [0.3, 0.4) is 0 Å². The Balaban J connectivity index is 2.73. The number of ether oxygens (including phenoxy) is 2. The summed E-state index contributed by atoms with van der Waals surface area (Å²) < 4.78 is 10.7. The van der Waals surface area contributed by atoms with Crippen molar-refractivity contribution in [3.63, 3.8) is 0 Å². The van der Waals surface area contributed by atoms with Crippen molar-refractivity contribution in [3.8, 4) is 6.07 Å². The number of hydrogen-bond donors (Lipinski definition) is 0. The molecule has 0 amide bonds. The van der Waals surface area contributed by atoms with Gasteiger partial charge in [-0.15, -0.1) is 0 Å². The van der Waals surface area contributed by atoms with Crippen molar-refractivity contribution in [1.29, 1.82) is 5.26 Å². The number of rotatable bonds is 9. The number of aromatic nitrogens is 2. The monoisotopic (exact) mass is 264 g/mol. The molecule has 1 rings (SSSR count). The molecule has 1 aromatic rings. The van der Waals surface area contributed by atoms with Crippen LogP contribution < -0.4 is 4.90 Å². The fraction of sp³-hybridized carbons (Fsp3) is 0.615. The number of nitrogens with zero attached hydrogens (tertiary/aromatic N) is 4. The van der Waals surface area contributed by atoms with Crippen molar-refractivity contribution in [1.82, 2.24) is 9.97 Å². The SMILES string of the molecule is CCOCCN(CCOCC)c1nccnc1C#N. The molecule has 0 saturated carbocycles. The average Bonchev–Trinajstić information content (AvgIpc) is 2.46. The Morgan fingerprint density at radius 3 is 2.21 bits per heavy atom. The molecule has 6 heteroatoms. The van der Waals surface area contributed by atoms with Crippen LogP contribution in [0.15, 0.2) is 12.4 Å². The van der Waals surface area contributed by atoms with Crippen LogP contribution >= 0.6 is 0 Å². The van der Waals surface area contributed by atoms with Crippen LogP contribution in [-0.4, -0.2) is 49.5 Å². The van der Waals surface area contributed by atoms with E-state index in [0.29, 0.717) is 51.0 Å². The lowest BCUT2D eigenvalue weighted by molar-refractivity contribution is 0.141. The summed E-state index contributed by atoms with van der Waals surface area (Å²) in [4.78, 5) is 10.2. The van der Waals surface area contributed by atoms with E-state index in [-0.39, 0.29) is 0 Å². The highest BCUT2D eigenvalue weighted by molar-refractivity contribution is 5.49. The Kier molecular flexibility index (Phi) is 7.47. The van der Waals surface area contributed by atoms with Gasteiger partial charge in [0.05, 0.1) is 13.2 Å². The summed E-state index contributed by atoms with van der Waals surface area (Å²) in [6.45, 7) is 7.74. The molecule has 0 saturated heterocycles. The van der Waals surface area contributed by atoms with E-state index in [4.69, 9.17) is 14.7 Å². The van der Waals surface area contributed by atoms with Gasteiger partial charge < -0.3 is 14.4 Å². The first-order valence-electron chi connectivity index (χ1n) is 6.45. The maximum atomic E-state index is 9.07. The summed E-state index contributed by atoms with van der Waals surface area (Å²) in [7, 11) is 0. The molecule has 0 spiro atoms. The van der Waals surface area contributed by atoms with Gasteiger partial charge in [-0.05, 0) is 13.8 Å². The van der Waals surface area contributed by atoms with Gasteiger partial charge in [-0.25, -0.2) is 9.97 Å². The van der Waals surface area contributed by atoms with Crippen molar-refractivity contribution >= 4 is 5.82 Å². The summed E-state index contributed by atoms with van der Waals surface area (Å²) in [6.07, 6.45) is 3.11. The van der Waals surface area contributed by atoms with Crippen LogP contribution in [0.25, 0.3) is 0 Å². The van der Waals surface area contributed by atoms with E-state index in [1.807, 2.05) is 18.7 Å². The van der Waals surface area contributed by atoms with Crippen LogP contribution in [-0.2, 0) is 9.47 Å². The van der Waals surface area contributed by atoms with Crippen LogP contribution in [0.1, 0.15) is 19.5 Å². The maximum absolute atomic E-state index is 9.07. The predicted molar refractivity (Wildman–Crippen MR) is 71.9 cm³/mol. The van der Waals surface area contributed by atoms with Crippen LogP contribution in [0, 0.1) is 11.3 Å². The molecule has 0 N–H and O–H groups in total. The van der Waals surface area contributed by atoms with Gasteiger partial charge in [-0.2, -0.15) is 5.26 Å². The third-order valence-electron chi connectivity index (χ3n) is 2.50. The Bertz CT molecular complexity index is 396. The smallest absolute Gasteiger partial charge is 0.183 e. The summed E-state index contributed by atoms with van der Waals surface area (Å²) in [6, 6.07) is 2.06. The van der Waals surface area contributed by atoms with Crippen molar-refractivity contribution in [3.05, 3.63) is 18.1 Å². The molecule has 104 valence electrons. The van der Waals surface area contributed by atoms with Crippen molar-refractivity contribution < 1.29 is 9.47 Å². The van der Waals surface area contributed by atoms with E-state index in [1.165, 1.54) is 6.20 Å². The molecule has 0 aromatic carbocycles. The molecule has 0 atom stereocenters. The fourth-order valence-electron chi connectivity index (χ4n) is 1.60. The lowest BCUT2D eigenvalue weighted by atomic mass is 10.3. The number of anilines is 1. The molecule has 6 nitrogen and oxygen atoms in total. The van der Waals surface area contributed by atoms with Crippen LogP contribution in [0.2, 0.25) is 0 Å².